The highest BCUT2D eigenvalue weighted by Crippen LogP contribution is 2.35. The number of piperazine rings is 1. The van der Waals surface area contributed by atoms with Crippen molar-refractivity contribution in [1.82, 2.24) is 13.7 Å². The highest BCUT2D eigenvalue weighted by atomic mass is 32.2. The smallest absolute Gasteiger partial charge is 0.336 e. The maximum Gasteiger partial charge on any atom is 0.417 e. The fraction of sp³-hybridized carbons (Fsp3) is 0.350. The predicted molar refractivity (Wildman–Crippen MR) is 115 cm³/mol. The lowest BCUT2D eigenvalue weighted by Crippen LogP contribution is -2.50. The van der Waals surface area contributed by atoms with Gasteiger partial charge in [0.2, 0.25) is 10.0 Å². The molecule has 1 aliphatic heterocycles. The molecule has 14 heteroatoms. The zero-order valence-corrected chi connectivity index (χ0v) is 19.8. The van der Waals surface area contributed by atoms with Crippen LogP contribution < -0.4 is 0 Å². The largest absolute Gasteiger partial charge is 0.417 e. The molecule has 1 saturated heterocycles. The van der Waals surface area contributed by atoms with Crippen molar-refractivity contribution in [3.05, 3.63) is 59.7 Å². The Bertz CT molecular complexity index is 1270. The molecule has 0 saturated carbocycles. The Labute approximate surface area is 195 Å². The molecule has 1 aliphatic rings. The normalized spacial score (nSPS) is 16.1. The lowest BCUT2D eigenvalue weighted by molar-refractivity contribution is -0.139. The molecule has 186 valence electrons. The van der Waals surface area contributed by atoms with Gasteiger partial charge >= 0.3 is 6.18 Å². The Kier molecular flexibility index (Phi) is 7.38. The van der Waals surface area contributed by atoms with Gasteiger partial charge in [0.05, 0.1) is 22.5 Å². The van der Waals surface area contributed by atoms with Gasteiger partial charge in [-0.25, -0.2) is 16.8 Å². The predicted octanol–water partition coefficient (Wildman–Crippen LogP) is 2.03. The molecule has 1 fully saturated rings. The maximum atomic E-state index is 13.3. The second-order valence-corrected chi connectivity index (χ2v) is 11.2. The maximum absolute atomic E-state index is 13.3. The molecule has 0 aliphatic carbocycles. The van der Waals surface area contributed by atoms with Crippen molar-refractivity contribution < 1.29 is 39.6 Å². The lowest BCUT2D eigenvalue weighted by Gasteiger charge is -2.34. The van der Waals surface area contributed by atoms with E-state index in [-0.39, 0.29) is 36.6 Å². The molecule has 3 rings (SSSR count). The third-order valence-corrected chi connectivity index (χ3v) is 8.94. The average Bonchev–Trinajstić information content (AvgIpc) is 2.82. The zero-order chi connectivity index (χ0) is 25.3. The number of sulfonamides is 2. The van der Waals surface area contributed by atoms with Gasteiger partial charge in [-0.2, -0.15) is 17.5 Å². The van der Waals surface area contributed by atoms with Gasteiger partial charge in [0.1, 0.15) is 0 Å². The number of alkyl halides is 3. The zero-order valence-electron chi connectivity index (χ0n) is 18.2. The molecule has 0 N–H and O–H groups in total. The van der Waals surface area contributed by atoms with Gasteiger partial charge in [0.15, 0.2) is 0 Å². The van der Waals surface area contributed by atoms with Crippen molar-refractivity contribution in [3.8, 4) is 0 Å². The number of benzene rings is 2. The van der Waals surface area contributed by atoms with Crippen molar-refractivity contribution in [3.63, 3.8) is 0 Å². The number of hydrogen-bond donors (Lipinski definition) is 0. The van der Waals surface area contributed by atoms with Crippen LogP contribution in [0.15, 0.2) is 58.3 Å². The fourth-order valence-electron chi connectivity index (χ4n) is 3.42. The van der Waals surface area contributed by atoms with Gasteiger partial charge in [-0.1, -0.05) is 22.7 Å². The topological polar surface area (TPSA) is 104 Å². The van der Waals surface area contributed by atoms with E-state index in [1.807, 2.05) is 0 Å². The number of nitrogens with zero attached hydrogens (tertiary/aromatic N) is 3. The molecular formula is C20H22F3N3O6S2. The SMILES string of the molecule is CON(C)S(=O)(=O)c1cccc(C(=O)N2CCN(S(=O)(=O)c3ccccc3C(F)(F)F)CC2)c1. The van der Waals surface area contributed by atoms with E-state index in [2.05, 4.69) is 0 Å². The second-order valence-electron chi connectivity index (χ2n) is 7.32. The first-order valence-electron chi connectivity index (χ1n) is 9.89. The van der Waals surface area contributed by atoms with Crippen molar-refractivity contribution >= 4 is 26.0 Å². The van der Waals surface area contributed by atoms with E-state index in [0.29, 0.717) is 10.5 Å². The van der Waals surface area contributed by atoms with Crippen molar-refractivity contribution in [2.45, 2.75) is 16.0 Å². The third kappa shape index (κ3) is 5.10. The first-order valence-corrected chi connectivity index (χ1v) is 12.8. The highest BCUT2D eigenvalue weighted by Gasteiger charge is 2.40. The van der Waals surface area contributed by atoms with Crippen LogP contribution in [0, 0.1) is 0 Å². The molecule has 0 radical (unpaired) electrons. The number of rotatable bonds is 6. The molecule has 2 aromatic carbocycles. The van der Waals surface area contributed by atoms with Crippen LogP contribution in [-0.4, -0.2) is 76.8 Å². The van der Waals surface area contributed by atoms with E-state index in [0.717, 1.165) is 16.4 Å². The van der Waals surface area contributed by atoms with E-state index in [1.165, 1.54) is 49.4 Å². The van der Waals surface area contributed by atoms with Crippen molar-refractivity contribution in [1.29, 1.82) is 0 Å². The quantitative estimate of drug-likeness (QED) is 0.539. The molecule has 0 spiro atoms. The van der Waals surface area contributed by atoms with Crippen LogP contribution in [0.2, 0.25) is 0 Å². The average molecular weight is 522 g/mol. The van der Waals surface area contributed by atoms with Crippen molar-refractivity contribution in [2.75, 3.05) is 40.3 Å². The van der Waals surface area contributed by atoms with E-state index < -0.39 is 42.6 Å². The van der Waals surface area contributed by atoms with Crippen molar-refractivity contribution in [2.24, 2.45) is 0 Å². The standard InChI is InChI=1S/C20H22F3N3O6S2/c1-24(32-2)33(28,29)16-7-5-6-15(14-16)19(27)25-10-12-26(13-11-25)34(30,31)18-9-4-3-8-17(18)20(21,22)23/h3-9,14H,10-13H2,1-2H3. The minimum absolute atomic E-state index is 0.0595. The summed E-state index contributed by atoms with van der Waals surface area (Å²) in [6.07, 6.45) is -4.84. The number of hydroxylamine groups is 1. The van der Waals surface area contributed by atoms with Crippen LogP contribution >= 0.6 is 0 Å². The van der Waals surface area contributed by atoms with Crippen LogP contribution in [0.1, 0.15) is 15.9 Å². The molecule has 1 heterocycles. The molecule has 34 heavy (non-hydrogen) atoms. The number of amides is 1. The molecule has 0 bridgehead atoms. The van der Waals surface area contributed by atoms with E-state index in [9.17, 15) is 34.8 Å². The van der Waals surface area contributed by atoms with Gasteiger partial charge in [0, 0.05) is 38.8 Å². The second kappa shape index (κ2) is 9.62. The molecule has 1 amide bonds. The van der Waals surface area contributed by atoms with E-state index in [1.54, 1.807) is 0 Å². The summed E-state index contributed by atoms with van der Waals surface area (Å²) in [5.74, 6) is -0.537. The summed E-state index contributed by atoms with van der Waals surface area (Å²) in [6, 6.07) is 9.20. The summed E-state index contributed by atoms with van der Waals surface area (Å²) < 4.78 is 92.1. The summed E-state index contributed by atoms with van der Waals surface area (Å²) >= 11 is 0. The van der Waals surface area contributed by atoms with Gasteiger partial charge in [-0.05, 0) is 30.3 Å². The van der Waals surface area contributed by atoms with E-state index in [4.69, 9.17) is 4.84 Å². The minimum Gasteiger partial charge on any atom is -0.336 e. The molecule has 0 unspecified atom stereocenters. The number of carbonyl (C=O) groups is 1. The fourth-order valence-corrected chi connectivity index (χ4v) is 6.07. The number of carbonyl (C=O) groups excluding carboxylic acids is 1. The first-order chi connectivity index (χ1) is 15.8. The summed E-state index contributed by atoms with van der Waals surface area (Å²) in [5.41, 5.74) is -1.20. The van der Waals surface area contributed by atoms with Gasteiger partial charge < -0.3 is 4.90 Å². The monoisotopic (exact) mass is 521 g/mol. The molecule has 2 aromatic rings. The van der Waals surface area contributed by atoms with Crippen LogP contribution in [-0.2, 0) is 31.1 Å². The Morgan fingerprint density at radius 2 is 1.59 bits per heavy atom. The summed E-state index contributed by atoms with van der Waals surface area (Å²) in [7, 11) is -6.07. The molecule has 0 aromatic heterocycles. The molecule has 9 nitrogen and oxygen atoms in total. The van der Waals surface area contributed by atoms with Crippen LogP contribution in [0.4, 0.5) is 13.2 Å². The Morgan fingerprint density at radius 3 is 2.18 bits per heavy atom. The third-order valence-electron chi connectivity index (χ3n) is 5.31. The van der Waals surface area contributed by atoms with Crippen LogP contribution in [0.5, 0.6) is 0 Å². The molecule has 0 atom stereocenters. The number of hydrogen-bond acceptors (Lipinski definition) is 6. The van der Waals surface area contributed by atoms with Gasteiger partial charge in [-0.15, -0.1) is 0 Å². The van der Waals surface area contributed by atoms with Crippen LogP contribution in [0.25, 0.3) is 0 Å². The first kappa shape index (κ1) is 26.1. The molecular weight excluding hydrogens is 499 g/mol. The lowest BCUT2D eigenvalue weighted by atomic mass is 10.2. The summed E-state index contributed by atoms with van der Waals surface area (Å²) in [5, 5.41) is 0. The van der Waals surface area contributed by atoms with E-state index >= 15 is 0 Å². The van der Waals surface area contributed by atoms with Crippen LogP contribution in [0.3, 0.4) is 0 Å². The summed E-state index contributed by atoms with van der Waals surface area (Å²) in [6.45, 7) is -0.599. The minimum atomic E-state index is -4.84. The Balaban J connectivity index is 1.77. The highest BCUT2D eigenvalue weighted by molar-refractivity contribution is 7.89. The Morgan fingerprint density at radius 1 is 0.971 bits per heavy atom. The van der Waals surface area contributed by atoms with Gasteiger partial charge in [0.25, 0.3) is 15.9 Å². The van der Waals surface area contributed by atoms with Gasteiger partial charge in [-0.3, -0.25) is 9.63 Å². The Hall–Kier alpha value is -2.52. The number of halogens is 3. The summed E-state index contributed by atoms with van der Waals surface area (Å²) in [4.78, 5) is 17.9.